The fourth-order valence-corrected chi connectivity index (χ4v) is 4.66. The number of amides is 1. The molecule has 1 aliphatic heterocycles. The summed E-state index contributed by atoms with van der Waals surface area (Å²) in [5.41, 5.74) is 0.591. The minimum atomic E-state index is -0.918. The molecule has 0 aliphatic carbocycles. The Morgan fingerprint density at radius 3 is 2.84 bits per heavy atom. The van der Waals surface area contributed by atoms with Crippen LogP contribution in [0.2, 0.25) is 0 Å². The molecule has 0 spiro atoms. The Labute approximate surface area is 130 Å². The van der Waals surface area contributed by atoms with Gasteiger partial charge in [0.25, 0.3) is 5.91 Å². The van der Waals surface area contributed by atoms with Crippen LogP contribution in [-0.4, -0.2) is 47.7 Å². The molecule has 1 saturated heterocycles. The van der Waals surface area contributed by atoms with Crippen molar-refractivity contribution in [1.29, 1.82) is 0 Å². The summed E-state index contributed by atoms with van der Waals surface area (Å²) in [6.45, 7) is 1.16. The first-order valence-electron chi connectivity index (χ1n) is 5.55. The number of carbonyl (C=O) groups is 2. The maximum absolute atomic E-state index is 12.3. The minimum absolute atomic E-state index is 0.0850. The van der Waals surface area contributed by atoms with Gasteiger partial charge in [-0.3, -0.25) is 9.59 Å². The first kappa shape index (κ1) is 15.0. The van der Waals surface area contributed by atoms with Gasteiger partial charge in [0, 0.05) is 13.1 Å². The van der Waals surface area contributed by atoms with Gasteiger partial charge in [0.1, 0.15) is 0 Å². The second kappa shape index (κ2) is 6.34. The van der Waals surface area contributed by atoms with Crippen LogP contribution in [-0.2, 0) is 9.53 Å². The largest absolute Gasteiger partial charge is 0.481 e. The van der Waals surface area contributed by atoms with E-state index in [-0.39, 0.29) is 12.3 Å². The Morgan fingerprint density at radius 1 is 1.53 bits per heavy atom. The minimum Gasteiger partial charge on any atom is -0.481 e. The number of halogens is 2. The highest BCUT2D eigenvalue weighted by molar-refractivity contribution is 9.12. The summed E-state index contributed by atoms with van der Waals surface area (Å²) < 4.78 is 6.99. The van der Waals surface area contributed by atoms with Crippen molar-refractivity contribution < 1.29 is 19.4 Å². The highest BCUT2D eigenvalue weighted by Gasteiger charge is 2.28. The smallest absolute Gasteiger partial charge is 0.306 e. The summed E-state index contributed by atoms with van der Waals surface area (Å²) in [5.74, 6) is -1.02. The van der Waals surface area contributed by atoms with Crippen LogP contribution in [0.15, 0.2) is 13.6 Å². The lowest BCUT2D eigenvalue weighted by atomic mass is 10.2. The van der Waals surface area contributed by atoms with E-state index in [9.17, 15) is 9.59 Å². The first-order valence-corrected chi connectivity index (χ1v) is 7.95. The predicted octanol–water partition coefficient (Wildman–Crippen LogP) is 2.59. The Morgan fingerprint density at radius 2 is 2.26 bits per heavy atom. The van der Waals surface area contributed by atoms with E-state index < -0.39 is 12.1 Å². The van der Waals surface area contributed by atoms with Gasteiger partial charge in [-0.05, 0) is 37.9 Å². The van der Waals surface area contributed by atoms with Gasteiger partial charge in [-0.1, -0.05) is 0 Å². The first-order chi connectivity index (χ1) is 8.97. The van der Waals surface area contributed by atoms with Crippen molar-refractivity contribution in [3.8, 4) is 0 Å². The maximum atomic E-state index is 12.3. The summed E-state index contributed by atoms with van der Waals surface area (Å²) in [4.78, 5) is 24.7. The number of hydrogen-bond acceptors (Lipinski definition) is 4. The Kier molecular flexibility index (Phi) is 4.99. The molecule has 1 amide bonds. The fraction of sp³-hybridized carbons (Fsp3) is 0.455. The topological polar surface area (TPSA) is 66.8 Å². The molecule has 1 aromatic rings. The lowest BCUT2D eigenvalue weighted by Gasteiger charge is -2.32. The zero-order valence-electron chi connectivity index (χ0n) is 9.77. The van der Waals surface area contributed by atoms with Crippen molar-refractivity contribution in [2.45, 2.75) is 12.5 Å². The lowest BCUT2D eigenvalue weighted by molar-refractivity contribution is -0.141. The molecule has 104 valence electrons. The van der Waals surface area contributed by atoms with Crippen LogP contribution >= 0.6 is 43.2 Å². The molecule has 1 N–H and O–H groups in total. The lowest BCUT2D eigenvalue weighted by Crippen LogP contribution is -2.46. The monoisotopic (exact) mass is 411 g/mol. The highest BCUT2D eigenvalue weighted by atomic mass is 79.9. The molecule has 1 unspecified atom stereocenters. The second-order valence-corrected chi connectivity index (χ2v) is 7.83. The third-order valence-electron chi connectivity index (χ3n) is 2.72. The van der Waals surface area contributed by atoms with Crippen LogP contribution in [0, 0.1) is 0 Å². The number of carboxylic acids is 1. The average Bonchev–Trinajstić information content (AvgIpc) is 2.67. The van der Waals surface area contributed by atoms with Gasteiger partial charge in [0.05, 0.1) is 32.3 Å². The van der Waals surface area contributed by atoms with E-state index in [0.29, 0.717) is 25.3 Å². The van der Waals surface area contributed by atoms with Crippen LogP contribution in [0.25, 0.3) is 0 Å². The molecule has 1 aliphatic rings. The normalized spacial score (nSPS) is 19.5. The van der Waals surface area contributed by atoms with Crippen LogP contribution < -0.4 is 0 Å². The van der Waals surface area contributed by atoms with Crippen LogP contribution in [0.5, 0.6) is 0 Å². The average molecular weight is 413 g/mol. The molecule has 1 atom stereocenters. The highest BCUT2D eigenvalue weighted by Crippen LogP contribution is 2.32. The summed E-state index contributed by atoms with van der Waals surface area (Å²) in [6, 6.07) is 1.76. The van der Waals surface area contributed by atoms with E-state index in [1.54, 1.807) is 11.0 Å². The summed E-state index contributed by atoms with van der Waals surface area (Å²) in [5, 5.41) is 8.76. The Bertz CT molecular complexity index is 505. The number of hydrogen-bond donors (Lipinski definition) is 1. The zero-order valence-corrected chi connectivity index (χ0v) is 13.8. The van der Waals surface area contributed by atoms with Crippen molar-refractivity contribution in [3.63, 3.8) is 0 Å². The van der Waals surface area contributed by atoms with Gasteiger partial charge in [-0.15, -0.1) is 11.3 Å². The number of ether oxygens (including phenoxy) is 1. The molecule has 0 bridgehead atoms. The van der Waals surface area contributed by atoms with E-state index in [1.807, 2.05) is 0 Å². The Balaban J connectivity index is 2.07. The van der Waals surface area contributed by atoms with E-state index in [1.165, 1.54) is 11.3 Å². The molecule has 19 heavy (non-hydrogen) atoms. The predicted molar refractivity (Wildman–Crippen MR) is 77.6 cm³/mol. The standard InChI is InChI=1S/C11H11Br2NO4S/c12-8-4-7(10(13)19-8)11(17)14-1-2-18-6(5-14)3-9(15)16/h4,6H,1-3,5H2,(H,15,16). The number of aliphatic carboxylic acids is 1. The van der Waals surface area contributed by atoms with E-state index in [4.69, 9.17) is 9.84 Å². The van der Waals surface area contributed by atoms with Gasteiger partial charge in [0.2, 0.25) is 0 Å². The van der Waals surface area contributed by atoms with Gasteiger partial charge in [-0.2, -0.15) is 0 Å². The molecule has 2 rings (SSSR count). The number of morpholine rings is 1. The van der Waals surface area contributed by atoms with Crippen molar-refractivity contribution in [2.75, 3.05) is 19.7 Å². The molecular weight excluding hydrogens is 402 g/mol. The van der Waals surface area contributed by atoms with Gasteiger partial charge in [0.15, 0.2) is 0 Å². The fourth-order valence-electron chi connectivity index (χ4n) is 1.88. The summed E-state index contributed by atoms with van der Waals surface area (Å²) in [6.07, 6.45) is -0.519. The van der Waals surface area contributed by atoms with E-state index >= 15 is 0 Å². The molecule has 5 nitrogen and oxygen atoms in total. The number of carbonyl (C=O) groups excluding carboxylic acids is 1. The SMILES string of the molecule is O=C(O)CC1CN(C(=O)c2cc(Br)sc2Br)CCO1. The number of nitrogens with zero attached hydrogens (tertiary/aromatic N) is 1. The van der Waals surface area contributed by atoms with Crippen molar-refractivity contribution in [2.24, 2.45) is 0 Å². The molecule has 1 aromatic heterocycles. The van der Waals surface area contributed by atoms with E-state index in [2.05, 4.69) is 31.9 Å². The van der Waals surface area contributed by atoms with Gasteiger partial charge in [-0.25, -0.2) is 0 Å². The molecule has 0 aromatic carbocycles. The molecular formula is C11H11Br2NO4S. The summed E-state index contributed by atoms with van der Waals surface area (Å²) in [7, 11) is 0. The van der Waals surface area contributed by atoms with Crippen LogP contribution in [0.4, 0.5) is 0 Å². The molecule has 2 heterocycles. The number of carboxylic acid groups (broad SMARTS) is 1. The number of rotatable bonds is 3. The second-order valence-electron chi connectivity index (χ2n) is 4.08. The van der Waals surface area contributed by atoms with Crippen molar-refractivity contribution >= 4 is 55.1 Å². The van der Waals surface area contributed by atoms with Crippen LogP contribution in [0.3, 0.4) is 0 Å². The third kappa shape index (κ3) is 3.77. The summed E-state index contributed by atoms with van der Waals surface area (Å²) >= 11 is 8.12. The Hall–Kier alpha value is -0.440. The third-order valence-corrected chi connectivity index (χ3v) is 5.05. The maximum Gasteiger partial charge on any atom is 0.306 e. The molecule has 0 saturated carbocycles. The number of thiophene rings is 1. The van der Waals surface area contributed by atoms with Crippen molar-refractivity contribution in [1.82, 2.24) is 4.90 Å². The molecule has 8 heteroatoms. The van der Waals surface area contributed by atoms with Gasteiger partial charge >= 0.3 is 5.97 Å². The molecule has 1 fully saturated rings. The quantitative estimate of drug-likeness (QED) is 0.828. The van der Waals surface area contributed by atoms with E-state index in [0.717, 1.165) is 7.57 Å². The van der Waals surface area contributed by atoms with Crippen molar-refractivity contribution in [3.05, 3.63) is 19.2 Å². The van der Waals surface area contributed by atoms with Crippen LogP contribution in [0.1, 0.15) is 16.8 Å². The van der Waals surface area contributed by atoms with Gasteiger partial charge < -0.3 is 14.7 Å². The zero-order chi connectivity index (χ0) is 14.0. The molecule has 0 radical (unpaired) electrons.